The summed E-state index contributed by atoms with van der Waals surface area (Å²) in [7, 11) is 1.55. The highest BCUT2D eigenvalue weighted by molar-refractivity contribution is 7.99. The van der Waals surface area contributed by atoms with Crippen LogP contribution in [0.5, 0.6) is 11.5 Å². The van der Waals surface area contributed by atoms with Gasteiger partial charge in [-0.2, -0.15) is 0 Å². The fraction of sp³-hybridized carbons (Fsp3) is 0.333. The van der Waals surface area contributed by atoms with Gasteiger partial charge in [0.25, 0.3) is 0 Å². The molecule has 1 aromatic carbocycles. The highest BCUT2D eigenvalue weighted by atomic mass is 32.2. The number of hydrogen-bond acceptors (Lipinski definition) is 6. The third-order valence-electron chi connectivity index (χ3n) is 2.15. The van der Waals surface area contributed by atoms with Gasteiger partial charge in [0.2, 0.25) is 0 Å². The SMILES string of the molecule is COc1cc(N)c2c(c1N)SCC(N)O2. The van der Waals surface area contributed by atoms with Gasteiger partial charge in [-0.1, -0.05) is 0 Å². The van der Waals surface area contributed by atoms with E-state index in [1.54, 1.807) is 13.2 Å². The van der Waals surface area contributed by atoms with Crippen LogP contribution in [0.4, 0.5) is 11.4 Å². The summed E-state index contributed by atoms with van der Waals surface area (Å²) in [6, 6.07) is 1.65. The van der Waals surface area contributed by atoms with E-state index in [0.717, 1.165) is 4.90 Å². The minimum absolute atomic E-state index is 0.336. The van der Waals surface area contributed by atoms with E-state index >= 15 is 0 Å². The van der Waals surface area contributed by atoms with Crippen LogP contribution in [-0.2, 0) is 0 Å². The first-order valence-corrected chi connectivity index (χ1v) is 5.43. The van der Waals surface area contributed by atoms with Crippen molar-refractivity contribution in [3.63, 3.8) is 0 Å². The van der Waals surface area contributed by atoms with Crippen LogP contribution < -0.4 is 26.7 Å². The molecule has 1 aliphatic heterocycles. The van der Waals surface area contributed by atoms with Crippen molar-refractivity contribution < 1.29 is 9.47 Å². The molecule has 6 N–H and O–H groups in total. The number of methoxy groups -OCH3 is 1. The second kappa shape index (κ2) is 3.71. The van der Waals surface area contributed by atoms with E-state index < -0.39 is 0 Å². The number of ether oxygens (including phenoxy) is 2. The lowest BCUT2D eigenvalue weighted by atomic mass is 10.2. The lowest BCUT2D eigenvalue weighted by molar-refractivity contribution is 0.225. The Labute approximate surface area is 91.9 Å². The van der Waals surface area contributed by atoms with E-state index in [9.17, 15) is 0 Å². The van der Waals surface area contributed by atoms with Gasteiger partial charge in [-0.25, -0.2) is 0 Å². The lowest BCUT2D eigenvalue weighted by Gasteiger charge is -2.25. The topological polar surface area (TPSA) is 96.5 Å². The van der Waals surface area contributed by atoms with Crippen molar-refractivity contribution in [2.45, 2.75) is 11.1 Å². The number of thioether (sulfide) groups is 1. The number of rotatable bonds is 1. The molecule has 1 atom stereocenters. The molecule has 1 aliphatic rings. The van der Waals surface area contributed by atoms with Crippen LogP contribution in [0.3, 0.4) is 0 Å². The quantitative estimate of drug-likeness (QED) is 0.609. The molecule has 0 fully saturated rings. The molecule has 0 saturated carbocycles. The summed E-state index contributed by atoms with van der Waals surface area (Å²) in [5.74, 6) is 1.79. The molecule has 0 aliphatic carbocycles. The maximum absolute atomic E-state index is 5.91. The molecule has 2 rings (SSSR count). The molecule has 5 nitrogen and oxygen atoms in total. The van der Waals surface area contributed by atoms with Crippen molar-refractivity contribution >= 4 is 23.1 Å². The first kappa shape index (κ1) is 10.3. The first-order valence-electron chi connectivity index (χ1n) is 4.44. The third-order valence-corrected chi connectivity index (χ3v) is 3.34. The minimum Gasteiger partial charge on any atom is -0.494 e. The molecule has 0 spiro atoms. The van der Waals surface area contributed by atoms with Crippen molar-refractivity contribution in [3.8, 4) is 11.5 Å². The number of fused-ring (bicyclic) bond motifs is 1. The van der Waals surface area contributed by atoms with Crippen LogP contribution in [0, 0.1) is 0 Å². The van der Waals surface area contributed by atoms with E-state index in [1.165, 1.54) is 11.8 Å². The van der Waals surface area contributed by atoms with Gasteiger partial charge >= 0.3 is 0 Å². The smallest absolute Gasteiger partial charge is 0.160 e. The van der Waals surface area contributed by atoms with Gasteiger partial charge in [0.05, 0.1) is 23.4 Å². The Kier molecular flexibility index (Phi) is 2.54. The molecule has 6 heteroatoms. The molecular weight excluding hydrogens is 214 g/mol. The molecule has 1 heterocycles. The Morgan fingerprint density at radius 2 is 2.27 bits per heavy atom. The largest absolute Gasteiger partial charge is 0.494 e. The summed E-state index contributed by atoms with van der Waals surface area (Å²) in [6.45, 7) is 0. The van der Waals surface area contributed by atoms with Gasteiger partial charge in [-0.05, 0) is 0 Å². The van der Waals surface area contributed by atoms with Gasteiger partial charge in [0, 0.05) is 11.8 Å². The average molecular weight is 227 g/mol. The Morgan fingerprint density at radius 1 is 1.53 bits per heavy atom. The number of anilines is 2. The van der Waals surface area contributed by atoms with Crippen LogP contribution in [0.25, 0.3) is 0 Å². The number of nitrogen functional groups attached to an aromatic ring is 2. The minimum atomic E-state index is -0.336. The van der Waals surface area contributed by atoms with Crippen molar-refractivity contribution in [1.29, 1.82) is 0 Å². The number of hydrogen-bond donors (Lipinski definition) is 3. The summed E-state index contributed by atoms with van der Waals surface area (Å²) in [6.07, 6.45) is -0.336. The highest BCUT2D eigenvalue weighted by Crippen LogP contribution is 2.46. The van der Waals surface area contributed by atoms with Crippen molar-refractivity contribution in [1.82, 2.24) is 0 Å². The predicted octanol–water partition coefficient (Wildman–Crippen LogP) is 0.629. The van der Waals surface area contributed by atoms with Crippen molar-refractivity contribution in [3.05, 3.63) is 6.07 Å². The van der Waals surface area contributed by atoms with Crippen LogP contribution in [0.2, 0.25) is 0 Å². The fourth-order valence-corrected chi connectivity index (χ4v) is 2.39. The van der Waals surface area contributed by atoms with Gasteiger partial charge < -0.3 is 20.9 Å². The molecule has 0 radical (unpaired) electrons. The summed E-state index contributed by atoms with van der Waals surface area (Å²) in [5, 5.41) is 0. The van der Waals surface area contributed by atoms with Gasteiger partial charge in [0.15, 0.2) is 12.0 Å². The second-order valence-electron chi connectivity index (χ2n) is 3.21. The summed E-state index contributed by atoms with van der Waals surface area (Å²) >= 11 is 1.53. The zero-order valence-corrected chi connectivity index (χ0v) is 9.14. The number of benzene rings is 1. The monoisotopic (exact) mass is 227 g/mol. The van der Waals surface area contributed by atoms with Crippen molar-refractivity contribution in [2.75, 3.05) is 24.3 Å². The molecule has 15 heavy (non-hydrogen) atoms. The first-order chi connectivity index (χ1) is 7.13. The fourth-order valence-electron chi connectivity index (χ4n) is 1.43. The molecule has 0 saturated heterocycles. The van der Waals surface area contributed by atoms with Gasteiger partial charge in [-0.3, -0.25) is 5.73 Å². The van der Waals surface area contributed by atoms with Crippen LogP contribution in [0.1, 0.15) is 0 Å². The van der Waals surface area contributed by atoms with Gasteiger partial charge in [0.1, 0.15) is 5.75 Å². The standard InChI is InChI=1S/C9H13N3O2S/c1-13-5-2-4(10)8-9(7(5)12)15-3-6(11)14-8/h2,6H,3,10-12H2,1H3. The van der Waals surface area contributed by atoms with Gasteiger partial charge in [-0.15, -0.1) is 11.8 Å². The summed E-state index contributed by atoms with van der Waals surface area (Å²) < 4.78 is 10.6. The zero-order chi connectivity index (χ0) is 11.0. The third kappa shape index (κ3) is 1.66. The predicted molar refractivity (Wildman–Crippen MR) is 61.1 cm³/mol. The zero-order valence-electron chi connectivity index (χ0n) is 8.32. The molecule has 82 valence electrons. The summed E-state index contributed by atoms with van der Waals surface area (Å²) in [5.41, 5.74) is 18.4. The Hall–Kier alpha value is -1.27. The normalized spacial score (nSPS) is 19.2. The van der Waals surface area contributed by atoms with E-state index in [0.29, 0.717) is 28.6 Å². The van der Waals surface area contributed by atoms with Crippen LogP contribution in [0.15, 0.2) is 11.0 Å². The lowest BCUT2D eigenvalue weighted by Crippen LogP contribution is -2.32. The molecule has 1 unspecified atom stereocenters. The van der Waals surface area contributed by atoms with Crippen molar-refractivity contribution in [2.24, 2.45) is 5.73 Å². The molecule has 1 aromatic rings. The average Bonchev–Trinajstić information content (AvgIpc) is 2.23. The molecule has 0 bridgehead atoms. The van der Waals surface area contributed by atoms with Crippen LogP contribution in [-0.4, -0.2) is 19.1 Å². The second-order valence-corrected chi connectivity index (χ2v) is 4.24. The molecule has 0 amide bonds. The summed E-state index contributed by atoms with van der Waals surface area (Å²) in [4.78, 5) is 0.813. The van der Waals surface area contributed by atoms with E-state index in [1.807, 2.05) is 0 Å². The Bertz CT molecular complexity index is 397. The van der Waals surface area contributed by atoms with E-state index in [4.69, 9.17) is 26.7 Å². The highest BCUT2D eigenvalue weighted by Gasteiger charge is 2.24. The maximum atomic E-state index is 5.91. The van der Waals surface area contributed by atoms with E-state index in [2.05, 4.69) is 0 Å². The molecular formula is C9H13N3O2S. The van der Waals surface area contributed by atoms with E-state index in [-0.39, 0.29) is 6.23 Å². The maximum Gasteiger partial charge on any atom is 0.160 e. The Morgan fingerprint density at radius 3 is 2.93 bits per heavy atom. The Balaban J connectivity index is 2.54. The molecule has 0 aromatic heterocycles. The van der Waals surface area contributed by atoms with Crippen LogP contribution >= 0.6 is 11.8 Å². The number of nitrogens with two attached hydrogens (primary N) is 3.